The summed E-state index contributed by atoms with van der Waals surface area (Å²) < 4.78 is 0. The monoisotopic (exact) mass is 249 g/mol. The Hall–Kier alpha value is -0.470. The van der Waals surface area contributed by atoms with Gasteiger partial charge in [-0.3, -0.25) is 0 Å². The lowest BCUT2D eigenvalue weighted by molar-refractivity contribution is 0.450. The molecule has 2 heteroatoms. The van der Waals surface area contributed by atoms with Crippen molar-refractivity contribution in [2.75, 3.05) is 13.1 Å². The number of thioether (sulfide) groups is 1. The van der Waals surface area contributed by atoms with Gasteiger partial charge in [-0.2, -0.15) is 0 Å². The Bertz CT molecular complexity index is 322. The van der Waals surface area contributed by atoms with E-state index in [1.54, 1.807) is 0 Å². The molecule has 1 atom stereocenters. The van der Waals surface area contributed by atoms with Crippen LogP contribution in [0.1, 0.15) is 32.3 Å². The molecule has 0 saturated carbocycles. The van der Waals surface area contributed by atoms with E-state index in [1.807, 2.05) is 11.8 Å². The Morgan fingerprint density at radius 2 is 2.06 bits per heavy atom. The third kappa shape index (κ3) is 3.49. The molecule has 0 spiro atoms. The van der Waals surface area contributed by atoms with Gasteiger partial charge in [0.05, 0.1) is 0 Å². The fraction of sp³-hybridized carbons (Fsp3) is 0.600. The third-order valence-corrected chi connectivity index (χ3v) is 4.99. The topological polar surface area (TPSA) is 12.0 Å². The van der Waals surface area contributed by atoms with Crippen molar-refractivity contribution in [3.63, 3.8) is 0 Å². The number of fused-ring (bicyclic) bond motifs is 1. The van der Waals surface area contributed by atoms with Crippen molar-refractivity contribution in [1.29, 1.82) is 0 Å². The van der Waals surface area contributed by atoms with E-state index in [9.17, 15) is 0 Å². The molecule has 0 fully saturated rings. The van der Waals surface area contributed by atoms with Gasteiger partial charge in [-0.1, -0.05) is 44.9 Å². The highest BCUT2D eigenvalue weighted by molar-refractivity contribution is 8.00. The molecule has 1 N–H and O–H groups in total. The molecule has 1 heterocycles. The first-order valence-electron chi connectivity index (χ1n) is 6.78. The zero-order chi connectivity index (χ0) is 12.1. The first-order chi connectivity index (χ1) is 8.33. The number of rotatable bonds is 6. The van der Waals surface area contributed by atoms with E-state index in [1.165, 1.54) is 36.3 Å². The minimum Gasteiger partial charge on any atom is -0.315 e. The van der Waals surface area contributed by atoms with Gasteiger partial charge in [0.1, 0.15) is 0 Å². The van der Waals surface area contributed by atoms with Gasteiger partial charge in [-0.25, -0.2) is 0 Å². The molecular formula is C15H23NS. The number of hydrogen-bond acceptors (Lipinski definition) is 2. The molecule has 1 aromatic rings. The van der Waals surface area contributed by atoms with Crippen LogP contribution in [0.3, 0.4) is 0 Å². The van der Waals surface area contributed by atoms with E-state index in [4.69, 9.17) is 0 Å². The zero-order valence-corrected chi connectivity index (χ0v) is 11.7. The van der Waals surface area contributed by atoms with Crippen LogP contribution in [0.25, 0.3) is 0 Å². The summed E-state index contributed by atoms with van der Waals surface area (Å²) >= 11 is 2.04. The summed E-state index contributed by atoms with van der Waals surface area (Å²) in [5, 5.41) is 4.38. The Morgan fingerprint density at radius 1 is 1.29 bits per heavy atom. The first-order valence-corrected chi connectivity index (χ1v) is 7.66. The summed E-state index contributed by atoms with van der Waals surface area (Å²) in [6.07, 6.45) is 3.82. The van der Waals surface area contributed by atoms with Crippen LogP contribution >= 0.6 is 11.8 Å². The molecule has 1 aliphatic heterocycles. The van der Waals surface area contributed by atoms with Crippen molar-refractivity contribution in [2.45, 2.75) is 43.3 Å². The van der Waals surface area contributed by atoms with Crippen LogP contribution in [0.4, 0.5) is 0 Å². The van der Waals surface area contributed by atoms with Gasteiger partial charge in [0, 0.05) is 16.7 Å². The molecule has 0 aromatic heterocycles. The van der Waals surface area contributed by atoms with E-state index in [0.717, 1.165) is 17.7 Å². The molecule has 1 nitrogen and oxygen atoms in total. The predicted octanol–water partition coefficient (Wildman–Crippen LogP) is 3.73. The van der Waals surface area contributed by atoms with E-state index in [-0.39, 0.29) is 0 Å². The normalized spacial score (nSPS) is 18.6. The van der Waals surface area contributed by atoms with Crippen molar-refractivity contribution >= 4 is 11.8 Å². The molecule has 1 unspecified atom stereocenters. The fourth-order valence-corrected chi connectivity index (χ4v) is 3.68. The van der Waals surface area contributed by atoms with Crippen LogP contribution in [-0.2, 0) is 6.42 Å². The second-order valence-electron chi connectivity index (χ2n) is 4.89. The number of hydrogen-bond donors (Lipinski definition) is 1. The SMILES string of the molecule is CCC(CC)CNCC1Cc2ccccc2S1. The molecule has 0 amide bonds. The maximum absolute atomic E-state index is 3.64. The van der Waals surface area contributed by atoms with E-state index < -0.39 is 0 Å². The summed E-state index contributed by atoms with van der Waals surface area (Å²) in [7, 11) is 0. The standard InChI is InChI=1S/C15H23NS/c1-3-12(4-2)10-16-11-14-9-13-7-5-6-8-15(13)17-14/h5-8,12,14,16H,3-4,9-11H2,1-2H3. The molecule has 17 heavy (non-hydrogen) atoms. The largest absolute Gasteiger partial charge is 0.315 e. The Morgan fingerprint density at radius 3 is 2.76 bits per heavy atom. The maximum atomic E-state index is 3.64. The van der Waals surface area contributed by atoms with Crippen LogP contribution in [0.15, 0.2) is 29.2 Å². The quantitative estimate of drug-likeness (QED) is 0.824. The summed E-state index contributed by atoms with van der Waals surface area (Å²) in [6.45, 7) is 6.91. The average molecular weight is 249 g/mol. The summed E-state index contributed by atoms with van der Waals surface area (Å²) in [6, 6.07) is 8.81. The molecule has 2 rings (SSSR count). The smallest absolute Gasteiger partial charge is 0.0260 e. The van der Waals surface area contributed by atoms with Crippen molar-refractivity contribution in [2.24, 2.45) is 5.92 Å². The molecule has 0 bridgehead atoms. The maximum Gasteiger partial charge on any atom is 0.0260 e. The lowest BCUT2D eigenvalue weighted by Crippen LogP contribution is -2.29. The second-order valence-corrected chi connectivity index (χ2v) is 6.23. The van der Waals surface area contributed by atoms with Gasteiger partial charge >= 0.3 is 0 Å². The predicted molar refractivity (Wildman–Crippen MR) is 76.7 cm³/mol. The highest BCUT2D eigenvalue weighted by atomic mass is 32.2. The summed E-state index contributed by atoms with van der Waals surface area (Å²) in [5.41, 5.74) is 1.53. The lowest BCUT2D eigenvalue weighted by atomic mass is 10.0. The molecule has 0 saturated heterocycles. The highest BCUT2D eigenvalue weighted by Crippen LogP contribution is 2.36. The van der Waals surface area contributed by atoms with Gasteiger partial charge in [-0.15, -0.1) is 11.8 Å². The van der Waals surface area contributed by atoms with Gasteiger partial charge in [0.15, 0.2) is 0 Å². The van der Waals surface area contributed by atoms with Crippen LogP contribution in [0, 0.1) is 5.92 Å². The number of benzene rings is 1. The van der Waals surface area contributed by atoms with Gasteiger partial charge in [0.2, 0.25) is 0 Å². The second kappa shape index (κ2) is 6.46. The van der Waals surface area contributed by atoms with Crippen molar-refractivity contribution < 1.29 is 0 Å². The number of nitrogens with one attached hydrogen (secondary N) is 1. The van der Waals surface area contributed by atoms with Gasteiger partial charge < -0.3 is 5.32 Å². The van der Waals surface area contributed by atoms with Crippen molar-refractivity contribution in [3.8, 4) is 0 Å². The Kier molecular flexibility index (Phi) is 4.93. The minimum absolute atomic E-state index is 0.738. The first kappa shape index (κ1) is 13.0. The van der Waals surface area contributed by atoms with Crippen LogP contribution < -0.4 is 5.32 Å². The van der Waals surface area contributed by atoms with Crippen LogP contribution in [-0.4, -0.2) is 18.3 Å². The van der Waals surface area contributed by atoms with Crippen molar-refractivity contribution in [1.82, 2.24) is 5.32 Å². The van der Waals surface area contributed by atoms with E-state index >= 15 is 0 Å². The highest BCUT2D eigenvalue weighted by Gasteiger charge is 2.21. The lowest BCUT2D eigenvalue weighted by Gasteiger charge is -2.15. The molecule has 0 aliphatic carbocycles. The Balaban J connectivity index is 1.73. The minimum atomic E-state index is 0.738. The van der Waals surface area contributed by atoms with Crippen molar-refractivity contribution in [3.05, 3.63) is 29.8 Å². The molecule has 1 aromatic carbocycles. The van der Waals surface area contributed by atoms with E-state index in [0.29, 0.717) is 0 Å². The van der Waals surface area contributed by atoms with E-state index in [2.05, 4.69) is 43.4 Å². The molecule has 1 aliphatic rings. The Labute approximate surface area is 109 Å². The molecule has 94 valence electrons. The summed E-state index contributed by atoms with van der Waals surface area (Å²) in [4.78, 5) is 1.49. The zero-order valence-electron chi connectivity index (χ0n) is 10.9. The van der Waals surface area contributed by atoms with Crippen LogP contribution in [0.2, 0.25) is 0 Å². The van der Waals surface area contributed by atoms with Gasteiger partial charge in [-0.05, 0) is 30.5 Å². The molecule has 0 radical (unpaired) electrons. The van der Waals surface area contributed by atoms with Gasteiger partial charge in [0.25, 0.3) is 0 Å². The average Bonchev–Trinajstić information content (AvgIpc) is 2.77. The third-order valence-electron chi connectivity index (χ3n) is 3.67. The fourth-order valence-electron chi connectivity index (χ4n) is 2.39. The van der Waals surface area contributed by atoms with Crippen LogP contribution in [0.5, 0.6) is 0 Å². The molecular weight excluding hydrogens is 226 g/mol. The summed E-state index contributed by atoms with van der Waals surface area (Å²) in [5.74, 6) is 0.851.